The number of carbonyl (C=O) groups is 1. The van der Waals surface area contributed by atoms with Crippen LogP contribution in [0.3, 0.4) is 0 Å². The van der Waals surface area contributed by atoms with E-state index in [9.17, 15) is 18.0 Å². The van der Waals surface area contributed by atoms with E-state index in [1.54, 1.807) is 31.2 Å². The van der Waals surface area contributed by atoms with Crippen molar-refractivity contribution in [2.24, 2.45) is 7.05 Å². The van der Waals surface area contributed by atoms with Crippen molar-refractivity contribution in [3.8, 4) is 5.69 Å². The van der Waals surface area contributed by atoms with Crippen molar-refractivity contribution in [2.45, 2.75) is 25.2 Å². The molecule has 0 saturated heterocycles. The van der Waals surface area contributed by atoms with Crippen LogP contribution in [0.2, 0.25) is 10.0 Å². The summed E-state index contributed by atoms with van der Waals surface area (Å²) >= 11 is 13.0. The molecule has 154 valence electrons. The van der Waals surface area contributed by atoms with Crippen LogP contribution in [0.1, 0.15) is 27.6 Å². The third-order valence-corrected chi connectivity index (χ3v) is 6.07. The molecule has 0 aliphatic heterocycles. The molecule has 0 unspecified atom stereocenters. The van der Waals surface area contributed by atoms with Crippen LogP contribution >= 0.6 is 35.0 Å². The van der Waals surface area contributed by atoms with Crippen LogP contribution in [-0.4, -0.2) is 30.9 Å². The Bertz CT molecular complexity index is 1090. The molecule has 29 heavy (non-hydrogen) atoms. The van der Waals surface area contributed by atoms with Crippen molar-refractivity contribution in [1.29, 1.82) is 0 Å². The molecule has 3 rings (SSSR count). The second-order valence-corrected chi connectivity index (χ2v) is 8.05. The molecule has 0 bridgehead atoms. The molecule has 0 fully saturated rings. The lowest BCUT2D eigenvalue weighted by Crippen LogP contribution is -2.13. The molecule has 0 spiro atoms. The Morgan fingerprint density at radius 3 is 2.41 bits per heavy atom. The number of rotatable bonds is 5. The molecular formula is C18H15Cl2F3N4OS. The standard InChI is InChI=1S/C18H15Cl2F3N4OS/c1-9-6-12(10(2)27(9)11-4-5-13(19)14(20)7-11)15(28)8-29-17-25-24-16(26(17)3)18(21,22)23/h4-7H,8H2,1-3H3. The number of halogens is 5. The molecule has 0 amide bonds. The Balaban J connectivity index is 1.82. The number of aromatic nitrogens is 4. The first-order valence-electron chi connectivity index (χ1n) is 8.27. The molecule has 0 aliphatic carbocycles. The van der Waals surface area contributed by atoms with Gasteiger partial charge in [-0.25, -0.2) is 0 Å². The van der Waals surface area contributed by atoms with E-state index in [0.717, 1.165) is 27.7 Å². The third-order valence-electron chi connectivity index (χ3n) is 4.31. The molecule has 11 heteroatoms. The van der Waals surface area contributed by atoms with Crippen LogP contribution < -0.4 is 0 Å². The smallest absolute Gasteiger partial charge is 0.318 e. The Morgan fingerprint density at radius 2 is 1.83 bits per heavy atom. The van der Waals surface area contributed by atoms with Gasteiger partial charge in [-0.05, 0) is 38.1 Å². The van der Waals surface area contributed by atoms with Gasteiger partial charge in [0, 0.05) is 29.7 Å². The maximum atomic E-state index is 12.8. The summed E-state index contributed by atoms with van der Waals surface area (Å²) in [7, 11) is 1.21. The summed E-state index contributed by atoms with van der Waals surface area (Å²) in [4.78, 5) is 12.7. The number of thioether (sulfide) groups is 1. The Kier molecular flexibility index (Phi) is 6.03. The molecule has 2 aromatic heterocycles. The van der Waals surface area contributed by atoms with Crippen molar-refractivity contribution in [3.05, 3.63) is 57.1 Å². The van der Waals surface area contributed by atoms with E-state index >= 15 is 0 Å². The maximum absolute atomic E-state index is 12.8. The molecule has 0 radical (unpaired) electrons. The predicted octanol–water partition coefficient (Wildman–Crippen LogP) is 5.52. The van der Waals surface area contributed by atoms with Gasteiger partial charge in [0.25, 0.3) is 0 Å². The van der Waals surface area contributed by atoms with Gasteiger partial charge in [0.15, 0.2) is 10.9 Å². The van der Waals surface area contributed by atoms with Crippen molar-refractivity contribution in [1.82, 2.24) is 19.3 Å². The molecule has 1 aromatic carbocycles. The average Bonchev–Trinajstić information content (AvgIpc) is 3.15. The van der Waals surface area contributed by atoms with Crippen molar-refractivity contribution < 1.29 is 18.0 Å². The molecule has 2 heterocycles. The van der Waals surface area contributed by atoms with E-state index in [2.05, 4.69) is 10.2 Å². The fraction of sp³-hybridized carbons (Fsp3) is 0.278. The predicted molar refractivity (Wildman–Crippen MR) is 106 cm³/mol. The summed E-state index contributed by atoms with van der Waals surface area (Å²) in [6.45, 7) is 3.63. The van der Waals surface area contributed by atoms with Crippen LogP contribution in [0.5, 0.6) is 0 Å². The quantitative estimate of drug-likeness (QED) is 0.369. The van der Waals surface area contributed by atoms with Crippen LogP contribution in [-0.2, 0) is 13.2 Å². The van der Waals surface area contributed by atoms with E-state index in [1.165, 1.54) is 7.05 Å². The number of nitrogens with zero attached hydrogens (tertiary/aromatic N) is 4. The molecule has 5 nitrogen and oxygen atoms in total. The number of aryl methyl sites for hydroxylation is 1. The second-order valence-electron chi connectivity index (χ2n) is 6.29. The first-order valence-corrected chi connectivity index (χ1v) is 10.0. The highest BCUT2D eigenvalue weighted by atomic mass is 35.5. The monoisotopic (exact) mass is 462 g/mol. The van der Waals surface area contributed by atoms with Gasteiger partial charge in [-0.2, -0.15) is 13.2 Å². The maximum Gasteiger partial charge on any atom is 0.451 e. The summed E-state index contributed by atoms with van der Waals surface area (Å²) in [5, 5.41) is 7.52. The van der Waals surface area contributed by atoms with E-state index in [-0.39, 0.29) is 16.7 Å². The number of benzene rings is 1. The number of Topliss-reactive ketones (excluding diaryl/α,β-unsaturated/α-hetero) is 1. The summed E-state index contributed by atoms with van der Waals surface area (Å²) in [6, 6.07) is 6.89. The minimum atomic E-state index is -4.60. The largest absolute Gasteiger partial charge is 0.451 e. The number of alkyl halides is 3. The minimum Gasteiger partial charge on any atom is -0.318 e. The average molecular weight is 463 g/mol. The lowest BCUT2D eigenvalue weighted by Gasteiger charge is -2.11. The van der Waals surface area contributed by atoms with Gasteiger partial charge in [-0.1, -0.05) is 35.0 Å². The van der Waals surface area contributed by atoms with Crippen molar-refractivity contribution in [2.75, 3.05) is 5.75 Å². The van der Waals surface area contributed by atoms with E-state index < -0.39 is 12.0 Å². The van der Waals surface area contributed by atoms with E-state index in [0.29, 0.717) is 21.3 Å². The summed E-state index contributed by atoms with van der Waals surface area (Å²) < 4.78 is 41.2. The van der Waals surface area contributed by atoms with Gasteiger partial charge in [-0.3, -0.25) is 4.79 Å². The number of hydrogen-bond donors (Lipinski definition) is 0. The molecular weight excluding hydrogens is 448 g/mol. The Hall–Kier alpha value is -1.97. The van der Waals surface area contributed by atoms with Gasteiger partial charge >= 0.3 is 6.18 Å². The Morgan fingerprint density at radius 1 is 1.14 bits per heavy atom. The van der Waals surface area contributed by atoms with Gasteiger partial charge in [0.1, 0.15) is 0 Å². The van der Waals surface area contributed by atoms with Crippen LogP contribution in [0.25, 0.3) is 5.69 Å². The number of ketones is 1. The molecule has 0 saturated carbocycles. The lowest BCUT2D eigenvalue weighted by atomic mass is 10.2. The fourth-order valence-electron chi connectivity index (χ4n) is 2.96. The first kappa shape index (κ1) is 21.7. The highest BCUT2D eigenvalue weighted by molar-refractivity contribution is 7.99. The molecule has 3 aromatic rings. The lowest BCUT2D eigenvalue weighted by molar-refractivity contribution is -0.147. The fourth-order valence-corrected chi connectivity index (χ4v) is 4.05. The van der Waals surface area contributed by atoms with E-state index in [4.69, 9.17) is 23.2 Å². The van der Waals surface area contributed by atoms with Crippen molar-refractivity contribution in [3.63, 3.8) is 0 Å². The summed E-state index contributed by atoms with van der Waals surface area (Å²) in [5.41, 5.74) is 2.73. The molecule has 0 N–H and O–H groups in total. The van der Waals surface area contributed by atoms with Gasteiger partial charge in [0.05, 0.1) is 15.8 Å². The van der Waals surface area contributed by atoms with Crippen LogP contribution in [0.15, 0.2) is 29.4 Å². The topological polar surface area (TPSA) is 52.7 Å². The van der Waals surface area contributed by atoms with Gasteiger partial charge in [0.2, 0.25) is 5.82 Å². The summed E-state index contributed by atoms with van der Waals surface area (Å²) in [6.07, 6.45) is -4.60. The van der Waals surface area contributed by atoms with Crippen LogP contribution in [0, 0.1) is 13.8 Å². The Labute approximate surface area is 178 Å². The third kappa shape index (κ3) is 4.31. The molecule has 0 aliphatic rings. The second kappa shape index (κ2) is 8.04. The van der Waals surface area contributed by atoms with E-state index in [1.807, 2.05) is 11.5 Å². The summed E-state index contributed by atoms with van der Waals surface area (Å²) in [5.74, 6) is -1.41. The van der Waals surface area contributed by atoms with Gasteiger partial charge < -0.3 is 9.13 Å². The zero-order chi connectivity index (χ0) is 21.5. The first-order chi connectivity index (χ1) is 13.5. The molecule has 0 atom stereocenters. The number of carbonyl (C=O) groups excluding carboxylic acids is 1. The van der Waals surface area contributed by atoms with Crippen molar-refractivity contribution >= 4 is 40.7 Å². The minimum absolute atomic E-state index is 0.0176. The highest BCUT2D eigenvalue weighted by Gasteiger charge is 2.37. The van der Waals surface area contributed by atoms with Crippen LogP contribution in [0.4, 0.5) is 13.2 Å². The number of hydrogen-bond acceptors (Lipinski definition) is 4. The zero-order valence-corrected chi connectivity index (χ0v) is 17.8. The highest BCUT2D eigenvalue weighted by Crippen LogP contribution is 2.31. The SMILES string of the molecule is Cc1cc(C(=O)CSc2nnc(C(F)(F)F)n2C)c(C)n1-c1ccc(Cl)c(Cl)c1. The zero-order valence-electron chi connectivity index (χ0n) is 15.5. The van der Waals surface area contributed by atoms with Gasteiger partial charge in [-0.15, -0.1) is 10.2 Å². The normalized spacial score (nSPS) is 11.9.